The van der Waals surface area contributed by atoms with Gasteiger partial charge < -0.3 is 10.4 Å². The molecule has 1 aliphatic carbocycles. The fourth-order valence-electron chi connectivity index (χ4n) is 2.89. The lowest BCUT2D eigenvalue weighted by Gasteiger charge is -2.15. The van der Waals surface area contributed by atoms with Crippen LogP contribution >= 0.6 is 0 Å². The Labute approximate surface area is 116 Å². The summed E-state index contributed by atoms with van der Waals surface area (Å²) >= 11 is 0. The van der Waals surface area contributed by atoms with Crippen molar-refractivity contribution in [1.29, 1.82) is 0 Å². The molecule has 0 radical (unpaired) electrons. The minimum atomic E-state index is -0.821. The summed E-state index contributed by atoms with van der Waals surface area (Å²) in [6, 6.07) is 0. The van der Waals surface area contributed by atoms with E-state index in [0.717, 1.165) is 25.7 Å². The molecule has 0 aliphatic heterocycles. The third-order valence-corrected chi connectivity index (χ3v) is 4.15. The van der Waals surface area contributed by atoms with E-state index in [0.29, 0.717) is 24.8 Å². The minimum absolute atomic E-state index is 0.0629. The van der Waals surface area contributed by atoms with Crippen LogP contribution in [0.25, 0.3) is 0 Å². The second-order valence-corrected chi connectivity index (χ2v) is 6.12. The molecular formula is C15H27NO3. The monoisotopic (exact) mass is 269 g/mol. The van der Waals surface area contributed by atoms with Crippen LogP contribution in [0, 0.1) is 23.7 Å². The molecule has 0 aromatic heterocycles. The number of carboxylic acid groups (broad SMARTS) is 1. The summed E-state index contributed by atoms with van der Waals surface area (Å²) in [5.74, 6) is -0.686. The molecule has 1 fully saturated rings. The lowest BCUT2D eigenvalue weighted by Crippen LogP contribution is -2.35. The first-order valence-electron chi connectivity index (χ1n) is 7.46. The molecule has 1 rings (SSSR count). The molecule has 1 aliphatic rings. The Bertz CT molecular complexity index is 315. The first-order valence-corrected chi connectivity index (χ1v) is 7.46. The van der Waals surface area contributed by atoms with Crippen molar-refractivity contribution in [2.75, 3.05) is 6.54 Å². The Balaban J connectivity index is 2.43. The van der Waals surface area contributed by atoms with Crippen molar-refractivity contribution in [3.63, 3.8) is 0 Å². The Kier molecular flexibility index (Phi) is 6.32. The Hall–Kier alpha value is -1.06. The number of amides is 1. The van der Waals surface area contributed by atoms with Gasteiger partial charge in [-0.25, -0.2) is 0 Å². The molecule has 0 bridgehead atoms. The number of hydrogen-bond acceptors (Lipinski definition) is 2. The summed E-state index contributed by atoms with van der Waals surface area (Å²) in [4.78, 5) is 23.3. The maximum absolute atomic E-state index is 12.1. The average molecular weight is 269 g/mol. The maximum Gasteiger partial charge on any atom is 0.307 e. The van der Waals surface area contributed by atoms with Crippen LogP contribution in [0.4, 0.5) is 0 Å². The molecule has 2 N–H and O–H groups in total. The number of carboxylic acids is 1. The van der Waals surface area contributed by atoms with Crippen LogP contribution < -0.4 is 5.32 Å². The Morgan fingerprint density at radius 3 is 2.42 bits per heavy atom. The topological polar surface area (TPSA) is 66.4 Å². The summed E-state index contributed by atoms with van der Waals surface area (Å²) in [5, 5.41) is 12.1. The molecule has 0 aromatic carbocycles. The summed E-state index contributed by atoms with van der Waals surface area (Å²) < 4.78 is 0. The van der Waals surface area contributed by atoms with Gasteiger partial charge in [0.05, 0.1) is 11.8 Å². The molecular weight excluding hydrogens is 242 g/mol. The van der Waals surface area contributed by atoms with Gasteiger partial charge in [-0.3, -0.25) is 9.59 Å². The van der Waals surface area contributed by atoms with Gasteiger partial charge in [0, 0.05) is 6.54 Å². The number of nitrogens with one attached hydrogen (secondary N) is 1. The molecule has 0 aromatic rings. The molecule has 19 heavy (non-hydrogen) atoms. The molecule has 1 saturated carbocycles. The largest absolute Gasteiger partial charge is 0.481 e. The van der Waals surface area contributed by atoms with E-state index >= 15 is 0 Å². The zero-order valence-electron chi connectivity index (χ0n) is 12.3. The van der Waals surface area contributed by atoms with Gasteiger partial charge in [-0.1, -0.05) is 27.2 Å². The van der Waals surface area contributed by atoms with Crippen molar-refractivity contribution in [3.8, 4) is 0 Å². The highest BCUT2D eigenvalue weighted by atomic mass is 16.4. The Morgan fingerprint density at radius 1 is 1.26 bits per heavy atom. The highest BCUT2D eigenvalue weighted by Gasteiger charge is 2.41. The van der Waals surface area contributed by atoms with E-state index < -0.39 is 11.9 Å². The van der Waals surface area contributed by atoms with Crippen LogP contribution in [0.2, 0.25) is 0 Å². The standard InChI is InChI=1S/C15H27NO3/c1-4-11-8-12(13(9-11)15(18)19)14(17)16-7-5-6-10(2)3/h10-13H,4-9H2,1-3H3,(H,16,17)(H,18,19)/t11?,12-,13+/m0/s1. The number of aliphatic carboxylic acids is 1. The molecule has 3 atom stereocenters. The molecule has 110 valence electrons. The van der Waals surface area contributed by atoms with E-state index in [1.807, 2.05) is 0 Å². The van der Waals surface area contributed by atoms with Crippen molar-refractivity contribution >= 4 is 11.9 Å². The van der Waals surface area contributed by atoms with Crippen LogP contribution in [-0.4, -0.2) is 23.5 Å². The quantitative estimate of drug-likeness (QED) is 0.698. The predicted octanol–water partition coefficient (Wildman–Crippen LogP) is 2.68. The fourth-order valence-corrected chi connectivity index (χ4v) is 2.89. The third kappa shape index (κ3) is 4.84. The second kappa shape index (κ2) is 7.51. The van der Waals surface area contributed by atoms with E-state index in [4.69, 9.17) is 0 Å². The zero-order valence-corrected chi connectivity index (χ0v) is 12.3. The van der Waals surface area contributed by atoms with Crippen molar-refractivity contribution in [3.05, 3.63) is 0 Å². The number of carbonyl (C=O) groups excluding carboxylic acids is 1. The van der Waals surface area contributed by atoms with Gasteiger partial charge in [-0.15, -0.1) is 0 Å². The van der Waals surface area contributed by atoms with Crippen LogP contribution in [-0.2, 0) is 9.59 Å². The molecule has 1 amide bonds. The summed E-state index contributed by atoms with van der Waals surface area (Å²) in [6.07, 6.45) is 4.39. The summed E-state index contributed by atoms with van der Waals surface area (Å²) in [6.45, 7) is 7.04. The van der Waals surface area contributed by atoms with Gasteiger partial charge in [-0.05, 0) is 37.5 Å². The van der Waals surface area contributed by atoms with Crippen molar-refractivity contribution in [1.82, 2.24) is 5.32 Å². The second-order valence-electron chi connectivity index (χ2n) is 6.12. The number of rotatable bonds is 7. The third-order valence-electron chi connectivity index (χ3n) is 4.15. The minimum Gasteiger partial charge on any atom is -0.481 e. The molecule has 0 spiro atoms. The van der Waals surface area contributed by atoms with Crippen molar-refractivity contribution in [2.45, 2.75) is 52.9 Å². The van der Waals surface area contributed by atoms with E-state index in [2.05, 4.69) is 26.1 Å². The molecule has 4 heteroatoms. The maximum atomic E-state index is 12.1. The molecule has 0 heterocycles. The highest BCUT2D eigenvalue weighted by molar-refractivity contribution is 5.85. The van der Waals surface area contributed by atoms with Crippen molar-refractivity contribution in [2.24, 2.45) is 23.7 Å². The number of hydrogen-bond donors (Lipinski definition) is 2. The van der Waals surface area contributed by atoms with Gasteiger partial charge in [0.25, 0.3) is 0 Å². The van der Waals surface area contributed by atoms with Gasteiger partial charge >= 0.3 is 5.97 Å². The lowest BCUT2D eigenvalue weighted by molar-refractivity contribution is -0.146. The average Bonchev–Trinajstić information content (AvgIpc) is 2.78. The van der Waals surface area contributed by atoms with E-state index in [9.17, 15) is 14.7 Å². The van der Waals surface area contributed by atoms with Gasteiger partial charge in [0.15, 0.2) is 0 Å². The van der Waals surface area contributed by atoms with Gasteiger partial charge in [-0.2, -0.15) is 0 Å². The molecule has 4 nitrogen and oxygen atoms in total. The summed E-state index contributed by atoms with van der Waals surface area (Å²) in [5.41, 5.74) is 0. The van der Waals surface area contributed by atoms with E-state index in [1.54, 1.807) is 0 Å². The smallest absolute Gasteiger partial charge is 0.307 e. The normalized spacial score (nSPS) is 26.6. The lowest BCUT2D eigenvalue weighted by atomic mass is 9.95. The molecule has 0 saturated heterocycles. The fraction of sp³-hybridized carbons (Fsp3) is 0.867. The Morgan fingerprint density at radius 2 is 1.89 bits per heavy atom. The highest BCUT2D eigenvalue weighted by Crippen LogP contribution is 2.38. The summed E-state index contributed by atoms with van der Waals surface area (Å²) in [7, 11) is 0. The zero-order chi connectivity index (χ0) is 14.4. The number of carbonyl (C=O) groups is 2. The van der Waals surface area contributed by atoms with Crippen LogP contribution in [0.15, 0.2) is 0 Å². The first kappa shape index (κ1) is 16.0. The van der Waals surface area contributed by atoms with E-state index in [-0.39, 0.29) is 11.8 Å². The van der Waals surface area contributed by atoms with Gasteiger partial charge in [0.1, 0.15) is 0 Å². The van der Waals surface area contributed by atoms with Crippen LogP contribution in [0.5, 0.6) is 0 Å². The molecule has 1 unspecified atom stereocenters. The SMILES string of the molecule is CCC1C[C@H](C(=O)NCCCC(C)C)[C@H](C(=O)O)C1. The van der Waals surface area contributed by atoms with Crippen LogP contribution in [0.1, 0.15) is 52.9 Å². The predicted molar refractivity (Wildman–Crippen MR) is 74.7 cm³/mol. The van der Waals surface area contributed by atoms with Crippen molar-refractivity contribution < 1.29 is 14.7 Å². The first-order chi connectivity index (χ1) is 8.95. The van der Waals surface area contributed by atoms with Gasteiger partial charge in [0.2, 0.25) is 5.91 Å². The van der Waals surface area contributed by atoms with Crippen LogP contribution in [0.3, 0.4) is 0 Å². The van der Waals surface area contributed by atoms with E-state index in [1.165, 1.54) is 0 Å².